The number of urea groups is 1. The summed E-state index contributed by atoms with van der Waals surface area (Å²) >= 11 is 0. The molecule has 8 nitrogen and oxygen atoms in total. The van der Waals surface area contributed by atoms with Crippen LogP contribution in [-0.2, 0) is 13.6 Å². The number of aryl methyl sites for hydroxylation is 1. The SMILES string of the molecule is COc1ccc(-c2cc(C3CN4CCC3CC4CNC(=O)NCc3ccccc3)n(C)n2)cc1OC. The highest BCUT2D eigenvalue weighted by Gasteiger charge is 2.41. The first kappa shape index (κ1) is 24.2. The number of carbonyl (C=O) groups excluding carboxylic acids is 1. The number of amides is 2. The zero-order valence-corrected chi connectivity index (χ0v) is 21.2. The van der Waals surface area contributed by atoms with Crippen LogP contribution in [0.1, 0.15) is 30.0 Å². The molecular formula is C28H35N5O3. The number of methoxy groups -OCH3 is 2. The van der Waals surface area contributed by atoms with E-state index in [9.17, 15) is 4.79 Å². The molecule has 4 unspecified atom stereocenters. The molecule has 2 N–H and O–H groups in total. The van der Waals surface area contributed by atoms with Gasteiger partial charge in [-0.2, -0.15) is 5.10 Å². The van der Waals surface area contributed by atoms with E-state index in [2.05, 4.69) is 21.6 Å². The monoisotopic (exact) mass is 489 g/mol. The highest BCUT2D eigenvalue weighted by molar-refractivity contribution is 5.73. The number of hydrogen-bond acceptors (Lipinski definition) is 5. The number of fused-ring (bicyclic) bond motifs is 3. The van der Waals surface area contributed by atoms with Crippen LogP contribution in [0.4, 0.5) is 4.79 Å². The van der Waals surface area contributed by atoms with Gasteiger partial charge < -0.3 is 20.1 Å². The van der Waals surface area contributed by atoms with Crippen LogP contribution in [0.2, 0.25) is 0 Å². The van der Waals surface area contributed by atoms with Crippen LogP contribution in [0.15, 0.2) is 54.6 Å². The fourth-order valence-electron chi connectivity index (χ4n) is 5.70. The van der Waals surface area contributed by atoms with Crippen molar-refractivity contribution < 1.29 is 14.3 Å². The number of ether oxygens (including phenoxy) is 2. The van der Waals surface area contributed by atoms with Crippen LogP contribution < -0.4 is 20.1 Å². The lowest BCUT2D eigenvalue weighted by atomic mass is 9.74. The zero-order valence-electron chi connectivity index (χ0n) is 21.2. The van der Waals surface area contributed by atoms with E-state index in [1.807, 2.05) is 60.3 Å². The normalized spacial score (nSPS) is 22.8. The lowest BCUT2D eigenvalue weighted by Crippen LogP contribution is -2.56. The smallest absolute Gasteiger partial charge is 0.315 e. The summed E-state index contributed by atoms with van der Waals surface area (Å²) in [5.74, 6) is 2.44. The van der Waals surface area contributed by atoms with Gasteiger partial charge in [0.15, 0.2) is 11.5 Å². The van der Waals surface area contributed by atoms with Gasteiger partial charge in [-0.15, -0.1) is 0 Å². The molecule has 3 saturated heterocycles. The van der Waals surface area contributed by atoms with Gasteiger partial charge >= 0.3 is 6.03 Å². The summed E-state index contributed by atoms with van der Waals surface area (Å²) in [4.78, 5) is 14.9. The van der Waals surface area contributed by atoms with Gasteiger partial charge in [0.25, 0.3) is 0 Å². The number of aromatic nitrogens is 2. The number of nitrogens with zero attached hydrogens (tertiary/aromatic N) is 3. The summed E-state index contributed by atoms with van der Waals surface area (Å²) in [5, 5.41) is 10.9. The third-order valence-corrected chi connectivity index (χ3v) is 7.65. The lowest BCUT2D eigenvalue weighted by molar-refractivity contribution is 0.0294. The van der Waals surface area contributed by atoms with Gasteiger partial charge in [-0.05, 0) is 55.1 Å². The number of rotatable bonds is 8. The van der Waals surface area contributed by atoms with Crippen molar-refractivity contribution in [2.75, 3.05) is 33.9 Å². The van der Waals surface area contributed by atoms with Crippen molar-refractivity contribution in [1.29, 1.82) is 0 Å². The van der Waals surface area contributed by atoms with E-state index in [0.717, 1.165) is 36.3 Å². The van der Waals surface area contributed by atoms with E-state index in [0.29, 0.717) is 42.5 Å². The Morgan fingerprint density at radius 3 is 2.58 bits per heavy atom. The molecule has 3 fully saturated rings. The topological polar surface area (TPSA) is 80.7 Å². The molecule has 4 atom stereocenters. The summed E-state index contributed by atoms with van der Waals surface area (Å²) in [5.41, 5.74) is 4.32. The molecule has 8 heteroatoms. The molecule has 3 aliphatic rings. The molecule has 3 aromatic rings. The van der Waals surface area contributed by atoms with Crippen molar-refractivity contribution in [2.24, 2.45) is 13.0 Å². The molecule has 0 aliphatic carbocycles. The largest absolute Gasteiger partial charge is 0.493 e. The number of piperidine rings is 3. The first-order valence-corrected chi connectivity index (χ1v) is 12.6. The Hall–Kier alpha value is -3.52. The van der Waals surface area contributed by atoms with E-state index in [4.69, 9.17) is 14.6 Å². The number of carbonyl (C=O) groups is 1. The molecule has 1 aromatic heterocycles. The van der Waals surface area contributed by atoms with Gasteiger partial charge in [0.2, 0.25) is 0 Å². The van der Waals surface area contributed by atoms with Crippen LogP contribution in [-0.4, -0.2) is 60.6 Å². The Kier molecular flexibility index (Phi) is 7.13. The predicted octanol–water partition coefficient (Wildman–Crippen LogP) is 3.78. The summed E-state index contributed by atoms with van der Waals surface area (Å²) in [6.07, 6.45) is 2.26. The van der Waals surface area contributed by atoms with Crippen molar-refractivity contribution in [1.82, 2.24) is 25.3 Å². The molecule has 2 aromatic carbocycles. The number of benzene rings is 2. The predicted molar refractivity (Wildman–Crippen MR) is 139 cm³/mol. The highest BCUT2D eigenvalue weighted by Crippen LogP contribution is 2.42. The third-order valence-electron chi connectivity index (χ3n) is 7.65. The molecule has 4 heterocycles. The van der Waals surface area contributed by atoms with Crippen molar-refractivity contribution in [2.45, 2.75) is 31.3 Å². The maximum absolute atomic E-state index is 12.4. The van der Waals surface area contributed by atoms with Gasteiger partial charge in [0, 0.05) is 49.9 Å². The Morgan fingerprint density at radius 2 is 1.86 bits per heavy atom. The van der Waals surface area contributed by atoms with Crippen molar-refractivity contribution >= 4 is 6.03 Å². The Morgan fingerprint density at radius 1 is 1.06 bits per heavy atom. The average molecular weight is 490 g/mol. The molecule has 0 saturated carbocycles. The quantitative estimate of drug-likeness (QED) is 0.503. The second kappa shape index (κ2) is 10.6. The molecule has 3 aliphatic heterocycles. The number of nitrogens with one attached hydrogen (secondary N) is 2. The van der Waals surface area contributed by atoms with Crippen LogP contribution in [0.3, 0.4) is 0 Å². The molecule has 2 bridgehead atoms. The van der Waals surface area contributed by atoms with E-state index < -0.39 is 0 Å². The van der Waals surface area contributed by atoms with Crippen molar-refractivity contribution in [3.05, 3.63) is 65.9 Å². The Balaban J connectivity index is 1.20. The molecule has 2 amide bonds. The molecule has 190 valence electrons. The first-order valence-electron chi connectivity index (χ1n) is 12.6. The first-order chi connectivity index (χ1) is 17.6. The standard InChI is InChI=1S/C28H35N5O3/c1-32-25(15-24(31-32)21-9-10-26(35-2)27(14-21)36-3)23-18-33-12-11-20(23)13-22(33)17-30-28(34)29-16-19-7-5-4-6-8-19/h4-10,14-15,20,22-23H,11-13,16-18H2,1-3H3,(H2,29,30,34). The fraction of sp³-hybridized carbons (Fsp3) is 0.429. The van der Waals surface area contributed by atoms with Crippen molar-refractivity contribution in [3.63, 3.8) is 0 Å². The van der Waals surface area contributed by atoms with Crippen LogP contribution in [0.25, 0.3) is 11.3 Å². The van der Waals surface area contributed by atoms with E-state index >= 15 is 0 Å². The molecule has 0 radical (unpaired) electrons. The summed E-state index contributed by atoms with van der Waals surface area (Å²) in [7, 11) is 5.33. The summed E-state index contributed by atoms with van der Waals surface area (Å²) in [6.45, 7) is 3.29. The maximum Gasteiger partial charge on any atom is 0.315 e. The van der Waals surface area contributed by atoms with E-state index in [1.165, 1.54) is 12.1 Å². The third kappa shape index (κ3) is 5.04. The highest BCUT2D eigenvalue weighted by atomic mass is 16.5. The zero-order chi connectivity index (χ0) is 25.1. The minimum atomic E-state index is -0.107. The van der Waals surface area contributed by atoms with Gasteiger partial charge in [-0.1, -0.05) is 30.3 Å². The van der Waals surface area contributed by atoms with Crippen molar-refractivity contribution in [3.8, 4) is 22.8 Å². The van der Waals surface area contributed by atoms with Gasteiger partial charge in [0.05, 0.1) is 19.9 Å². The Labute approximate surface area is 212 Å². The minimum Gasteiger partial charge on any atom is -0.493 e. The van der Waals surface area contributed by atoms with Crippen LogP contribution in [0.5, 0.6) is 11.5 Å². The van der Waals surface area contributed by atoms with Gasteiger partial charge in [0.1, 0.15) is 0 Å². The maximum atomic E-state index is 12.4. The van der Waals surface area contributed by atoms with Crippen LogP contribution in [0, 0.1) is 5.92 Å². The summed E-state index contributed by atoms with van der Waals surface area (Å²) in [6, 6.07) is 18.4. The van der Waals surface area contributed by atoms with E-state index in [-0.39, 0.29) is 6.03 Å². The van der Waals surface area contributed by atoms with E-state index in [1.54, 1.807) is 14.2 Å². The van der Waals surface area contributed by atoms with Gasteiger partial charge in [-0.25, -0.2) is 4.79 Å². The Bertz CT molecular complexity index is 1200. The second-order valence-corrected chi connectivity index (χ2v) is 9.74. The molecule has 0 spiro atoms. The lowest BCUT2D eigenvalue weighted by Gasteiger charge is -2.49. The number of hydrogen-bond donors (Lipinski definition) is 2. The molecule has 6 rings (SSSR count). The second-order valence-electron chi connectivity index (χ2n) is 9.74. The summed E-state index contributed by atoms with van der Waals surface area (Å²) < 4.78 is 12.9. The van der Waals surface area contributed by atoms with Gasteiger partial charge in [-0.3, -0.25) is 9.58 Å². The molecule has 36 heavy (non-hydrogen) atoms. The fourth-order valence-corrected chi connectivity index (χ4v) is 5.70. The minimum absolute atomic E-state index is 0.107. The molecular weight excluding hydrogens is 454 g/mol. The van der Waals surface area contributed by atoms with Crippen LogP contribution >= 0.6 is 0 Å². The average Bonchev–Trinajstić information content (AvgIpc) is 3.32.